The number of aliphatic carboxylic acids is 5. The fourth-order valence-electron chi connectivity index (χ4n) is 7.75. The van der Waals surface area contributed by atoms with Crippen molar-refractivity contribution in [2.24, 2.45) is 5.92 Å². The van der Waals surface area contributed by atoms with Crippen LogP contribution in [0.1, 0.15) is 94.6 Å². The second-order valence-electron chi connectivity index (χ2n) is 17.5. The van der Waals surface area contributed by atoms with Gasteiger partial charge < -0.3 is 51.3 Å². The Bertz CT molecular complexity index is 1770. The first-order valence-electron chi connectivity index (χ1n) is 23.2. The van der Waals surface area contributed by atoms with Crippen molar-refractivity contribution < 1.29 is 63.9 Å². The molecular weight excluding hydrogens is 891 g/mol. The summed E-state index contributed by atoms with van der Waals surface area (Å²) in [6.45, 7) is 4.54. The van der Waals surface area contributed by atoms with Gasteiger partial charge in [0.25, 0.3) is 0 Å². The number of carbonyl (C=O) groups excluding carboxylic acids is 3. The number of unbranched alkanes of at least 4 members (excludes halogenated alkanes) is 4. The van der Waals surface area contributed by atoms with Gasteiger partial charge in [-0.05, 0) is 75.0 Å². The molecule has 1 aliphatic rings. The molecule has 0 aliphatic carbocycles. The average Bonchev–Trinajstić information content (AvgIpc) is 3.25. The van der Waals surface area contributed by atoms with Crippen LogP contribution in [0.25, 0.3) is 0 Å². The zero-order valence-corrected chi connectivity index (χ0v) is 39.9. The molecule has 0 radical (unpaired) electrons. The minimum Gasteiger partial charge on any atom is -0.481 e. The molecule has 2 rings (SSSR count). The van der Waals surface area contributed by atoms with Crippen LogP contribution in [0.15, 0.2) is 24.3 Å². The number of ketones is 1. The van der Waals surface area contributed by atoms with Gasteiger partial charge in [0, 0.05) is 103 Å². The van der Waals surface area contributed by atoms with E-state index in [1.54, 1.807) is 0 Å². The molecule has 20 nitrogen and oxygen atoms in total. The van der Waals surface area contributed by atoms with Crippen molar-refractivity contribution in [2.75, 3.05) is 86.1 Å². The molecule has 21 heteroatoms. The van der Waals surface area contributed by atoms with Crippen LogP contribution in [-0.4, -0.2) is 196 Å². The minimum atomic E-state index is -1.41. The number of thiocarbonyl (C=S) groups is 1. The molecule has 1 aromatic carbocycles. The zero-order valence-electron chi connectivity index (χ0n) is 39.1. The predicted molar refractivity (Wildman–Crippen MR) is 253 cm³/mol. The first kappa shape index (κ1) is 58.0. The van der Waals surface area contributed by atoms with Gasteiger partial charge in [-0.25, -0.2) is 9.59 Å². The van der Waals surface area contributed by atoms with Crippen LogP contribution >= 0.6 is 12.2 Å². The van der Waals surface area contributed by atoms with Crippen LogP contribution < -0.4 is 16.0 Å². The Kier molecular flexibility index (Phi) is 28.2. The Labute approximate surface area is 398 Å². The van der Waals surface area contributed by atoms with E-state index < -0.39 is 59.5 Å². The first-order chi connectivity index (χ1) is 31.8. The maximum absolute atomic E-state index is 13.0. The number of benzene rings is 1. The Morgan fingerprint density at radius 3 is 1.90 bits per heavy atom. The molecule has 0 spiro atoms. The lowest BCUT2D eigenvalue weighted by atomic mass is 9.93. The largest absolute Gasteiger partial charge is 0.481 e. The quantitative estimate of drug-likeness (QED) is 0.0392. The van der Waals surface area contributed by atoms with Gasteiger partial charge in [-0.15, -0.1) is 0 Å². The lowest BCUT2D eigenvalue weighted by Crippen LogP contribution is -2.51. The highest BCUT2D eigenvalue weighted by molar-refractivity contribution is 7.80. The van der Waals surface area contributed by atoms with E-state index in [1.807, 2.05) is 23.9 Å². The van der Waals surface area contributed by atoms with E-state index in [4.69, 9.17) is 17.3 Å². The van der Waals surface area contributed by atoms with E-state index in [1.165, 1.54) is 0 Å². The van der Waals surface area contributed by atoms with Crippen LogP contribution in [0.4, 0.5) is 4.79 Å². The van der Waals surface area contributed by atoms with E-state index in [-0.39, 0.29) is 70.6 Å². The SMILES string of the molecule is CN1CCN(C)CC(Cc2ccc(CC(=S)CCCCCCCNC(=O)[C@H](CCC(=O)O)CC(=O)CC[C@H](NC(=O)NCCCC(=O)O)C(=O)O)cc2)N(CC(=O)O)CCN(CC(=O)O)CC1. The van der Waals surface area contributed by atoms with Gasteiger partial charge in [0.2, 0.25) is 5.91 Å². The molecule has 3 atom stereocenters. The number of nitrogens with one attached hydrogen (secondary N) is 3. The average molecular weight is 964 g/mol. The third-order valence-electron chi connectivity index (χ3n) is 11.6. The molecule has 1 fully saturated rings. The van der Waals surface area contributed by atoms with E-state index >= 15 is 0 Å². The Morgan fingerprint density at radius 1 is 0.642 bits per heavy atom. The van der Waals surface area contributed by atoms with Gasteiger partial charge in [-0.2, -0.15) is 0 Å². The molecule has 1 saturated heterocycles. The van der Waals surface area contributed by atoms with Gasteiger partial charge in [0.1, 0.15) is 11.8 Å². The number of likely N-dealkylation sites (N-methyl/N-ethyl adjacent to an activating group) is 2. The molecule has 376 valence electrons. The fourth-order valence-corrected chi connectivity index (χ4v) is 8.06. The van der Waals surface area contributed by atoms with E-state index in [9.17, 15) is 58.8 Å². The summed E-state index contributed by atoms with van der Waals surface area (Å²) in [5.74, 6) is -7.19. The lowest BCUT2D eigenvalue weighted by Gasteiger charge is -2.36. The van der Waals surface area contributed by atoms with Crippen molar-refractivity contribution in [3.8, 4) is 0 Å². The predicted octanol–water partition coefficient (Wildman–Crippen LogP) is 2.45. The molecule has 1 heterocycles. The Balaban J connectivity index is 1.79. The number of rotatable bonds is 31. The number of Topliss-reactive ketones (excluding diaryl/α,β-unsaturated/α-hetero) is 1. The van der Waals surface area contributed by atoms with Gasteiger partial charge in [0.05, 0.1) is 13.1 Å². The normalized spacial score (nSPS) is 16.7. The van der Waals surface area contributed by atoms with Crippen LogP contribution in [-0.2, 0) is 46.4 Å². The standard InChI is InChI=1S/C46H73N7O13S/c1-50-21-22-51(2)30-36(53(32-43(61)62)26-25-52(24-23-50)31-42(59)60)27-33-11-13-34(14-12-33)28-38(67)9-6-4-3-5-7-19-47-44(63)35(15-18-41(57)58)29-37(54)16-17-39(45(64)65)49-46(66)48-20-8-10-40(55)56/h11-14,35-36,39H,3-10,15-32H2,1-2H3,(H,47,63)(H,55,56)(H,57,58)(H,59,60)(H,61,62)(H,64,65)(H2,48,49,66)/t35-,36?,39+/m1/s1. The molecule has 1 aromatic rings. The van der Waals surface area contributed by atoms with Crippen molar-refractivity contribution in [3.05, 3.63) is 35.4 Å². The highest BCUT2D eigenvalue weighted by Gasteiger charge is 2.27. The summed E-state index contributed by atoms with van der Waals surface area (Å²) in [5.41, 5.74) is 2.16. The van der Waals surface area contributed by atoms with Gasteiger partial charge in [0.15, 0.2) is 0 Å². The van der Waals surface area contributed by atoms with Gasteiger partial charge in [-0.1, -0.05) is 55.7 Å². The number of amides is 3. The van der Waals surface area contributed by atoms with Crippen LogP contribution in [0.3, 0.4) is 0 Å². The van der Waals surface area contributed by atoms with E-state index in [0.29, 0.717) is 52.0 Å². The van der Waals surface area contributed by atoms with Crippen molar-refractivity contribution >= 4 is 64.7 Å². The lowest BCUT2D eigenvalue weighted by molar-refractivity contribution is -0.140. The zero-order chi connectivity index (χ0) is 49.7. The van der Waals surface area contributed by atoms with E-state index in [0.717, 1.165) is 67.7 Å². The second kappa shape index (κ2) is 32.6. The minimum absolute atomic E-state index is 0.0134. The summed E-state index contributed by atoms with van der Waals surface area (Å²) in [6.07, 6.45) is 5.12. The summed E-state index contributed by atoms with van der Waals surface area (Å²) < 4.78 is 0. The third kappa shape index (κ3) is 27.4. The second-order valence-corrected chi connectivity index (χ2v) is 18.1. The van der Waals surface area contributed by atoms with E-state index in [2.05, 4.69) is 50.0 Å². The topological polar surface area (TPSA) is 287 Å². The summed E-state index contributed by atoms with van der Waals surface area (Å²) in [4.78, 5) is 104. The maximum atomic E-state index is 13.0. The monoisotopic (exact) mass is 963 g/mol. The highest BCUT2D eigenvalue weighted by atomic mass is 32.1. The summed E-state index contributed by atoms with van der Waals surface area (Å²) in [7, 11) is 4.07. The summed E-state index contributed by atoms with van der Waals surface area (Å²) in [6, 6.07) is 5.93. The smallest absolute Gasteiger partial charge is 0.326 e. The van der Waals surface area contributed by atoms with Crippen molar-refractivity contribution in [1.82, 2.24) is 35.6 Å². The Hall–Kier alpha value is -5.09. The molecule has 0 saturated carbocycles. The number of carboxylic acid groups (broad SMARTS) is 5. The summed E-state index contributed by atoms with van der Waals surface area (Å²) in [5, 5.41) is 54.1. The summed E-state index contributed by atoms with van der Waals surface area (Å²) >= 11 is 5.73. The highest BCUT2D eigenvalue weighted by Crippen LogP contribution is 2.18. The van der Waals surface area contributed by atoms with Gasteiger partial charge in [-0.3, -0.25) is 38.6 Å². The molecular formula is C46H73N7O13S. The number of carbonyl (C=O) groups is 8. The van der Waals surface area contributed by atoms with Crippen LogP contribution in [0.5, 0.6) is 0 Å². The Morgan fingerprint density at radius 2 is 1.24 bits per heavy atom. The molecule has 67 heavy (non-hydrogen) atoms. The molecule has 1 aliphatic heterocycles. The van der Waals surface area contributed by atoms with Crippen molar-refractivity contribution in [2.45, 2.75) is 108 Å². The number of hydrogen-bond donors (Lipinski definition) is 8. The fraction of sp³-hybridized carbons (Fsp3) is 0.674. The number of nitrogens with zero attached hydrogens (tertiary/aromatic N) is 4. The van der Waals surface area contributed by atoms with Crippen molar-refractivity contribution in [3.63, 3.8) is 0 Å². The molecule has 0 aromatic heterocycles. The third-order valence-corrected chi connectivity index (χ3v) is 12.0. The molecule has 0 bridgehead atoms. The van der Waals surface area contributed by atoms with Crippen molar-refractivity contribution in [1.29, 1.82) is 0 Å². The number of hydrogen-bond acceptors (Lipinski definition) is 13. The molecule has 3 amide bonds. The number of urea groups is 1. The maximum Gasteiger partial charge on any atom is 0.326 e. The van der Waals surface area contributed by atoms with Crippen LogP contribution in [0, 0.1) is 5.92 Å². The molecule has 1 unspecified atom stereocenters. The molecule has 8 N–H and O–H groups in total. The van der Waals surface area contributed by atoms with Gasteiger partial charge >= 0.3 is 35.9 Å². The number of carboxylic acids is 5. The first-order valence-corrected chi connectivity index (χ1v) is 23.6. The van der Waals surface area contributed by atoms with Crippen LogP contribution in [0.2, 0.25) is 0 Å².